The summed E-state index contributed by atoms with van der Waals surface area (Å²) in [4.78, 5) is 6.47. The maximum absolute atomic E-state index is 5.98. The first-order chi connectivity index (χ1) is 7.24. The van der Waals surface area contributed by atoms with Gasteiger partial charge in [-0.1, -0.05) is 6.92 Å². The molecule has 1 aromatic heterocycles. The van der Waals surface area contributed by atoms with E-state index in [9.17, 15) is 0 Å². The van der Waals surface area contributed by atoms with Gasteiger partial charge in [-0.25, -0.2) is 0 Å². The summed E-state index contributed by atoms with van der Waals surface area (Å²) in [5.41, 5.74) is 7.87. The molecular weight excluding hydrogens is 254 g/mol. The van der Waals surface area contributed by atoms with Crippen LogP contribution < -0.4 is 10.6 Å². The molecule has 0 atom stereocenters. The minimum atomic E-state index is 0.686. The van der Waals surface area contributed by atoms with Crippen molar-refractivity contribution in [3.05, 3.63) is 16.9 Å². The first kappa shape index (κ1) is 10.7. The van der Waals surface area contributed by atoms with Gasteiger partial charge in [-0.3, -0.25) is 4.98 Å². The summed E-state index contributed by atoms with van der Waals surface area (Å²) < 4.78 is 1.00. The van der Waals surface area contributed by atoms with Gasteiger partial charge >= 0.3 is 0 Å². The lowest BCUT2D eigenvalue weighted by molar-refractivity contribution is 0.762. The van der Waals surface area contributed by atoms with E-state index in [-0.39, 0.29) is 0 Å². The van der Waals surface area contributed by atoms with Gasteiger partial charge in [-0.05, 0) is 35.2 Å². The summed E-state index contributed by atoms with van der Waals surface area (Å²) in [6.07, 6.45) is 7.26. The maximum atomic E-state index is 5.98. The molecule has 4 heteroatoms. The average molecular weight is 270 g/mol. The third-order valence-electron chi connectivity index (χ3n) is 2.64. The molecule has 0 radical (unpaired) electrons. The summed E-state index contributed by atoms with van der Waals surface area (Å²) >= 11 is 3.53. The Bertz CT molecular complexity index is 329. The largest absolute Gasteiger partial charge is 0.396 e. The zero-order valence-electron chi connectivity index (χ0n) is 8.91. The topological polar surface area (TPSA) is 42.1 Å². The number of nitrogen functional groups attached to an aromatic ring is 1. The molecule has 0 amide bonds. The standard InChI is InChI=1S/C11H16BrN3/c1-2-5-15(8-3-4-8)11-9(12)6-14-7-10(11)13/h6-8H,2-5,13H2,1H3. The third kappa shape index (κ3) is 2.25. The Labute approximate surface area is 98.8 Å². The molecular formula is C11H16BrN3. The quantitative estimate of drug-likeness (QED) is 0.914. The molecule has 2 rings (SSSR count). The van der Waals surface area contributed by atoms with E-state index in [0.29, 0.717) is 6.04 Å². The minimum Gasteiger partial charge on any atom is -0.396 e. The zero-order valence-corrected chi connectivity index (χ0v) is 10.5. The Balaban J connectivity index is 2.31. The number of anilines is 2. The second-order valence-electron chi connectivity index (χ2n) is 3.98. The Morgan fingerprint density at radius 3 is 2.80 bits per heavy atom. The normalized spacial score (nSPS) is 15.3. The summed E-state index contributed by atoms with van der Waals surface area (Å²) in [5.74, 6) is 0. The molecule has 1 fully saturated rings. The van der Waals surface area contributed by atoms with Crippen LogP contribution in [0.5, 0.6) is 0 Å². The molecule has 1 aromatic rings. The predicted octanol–water partition coefficient (Wildman–Crippen LogP) is 2.81. The fourth-order valence-electron chi connectivity index (χ4n) is 1.85. The molecule has 0 unspecified atom stereocenters. The van der Waals surface area contributed by atoms with Gasteiger partial charge < -0.3 is 10.6 Å². The highest BCUT2D eigenvalue weighted by Gasteiger charge is 2.30. The van der Waals surface area contributed by atoms with Crippen LogP contribution in [0.2, 0.25) is 0 Å². The first-order valence-electron chi connectivity index (χ1n) is 5.39. The fraction of sp³-hybridized carbons (Fsp3) is 0.545. The van der Waals surface area contributed by atoms with Crippen molar-refractivity contribution in [3.63, 3.8) is 0 Å². The van der Waals surface area contributed by atoms with Gasteiger partial charge in [0.05, 0.1) is 22.0 Å². The molecule has 2 N–H and O–H groups in total. The highest BCUT2D eigenvalue weighted by molar-refractivity contribution is 9.10. The SMILES string of the molecule is CCCN(c1c(N)cncc1Br)C1CC1. The van der Waals surface area contributed by atoms with Crippen LogP contribution in [-0.4, -0.2) is 17.6 Å². The Kier molecular flexibility index (Phi) is 3.14. The summed E-state index contributed by atoms with van der Waals surface area (Å²) in [6, 6.07) is 0.686. The maximum Gasteiger partial charge on any atom is 0.0778 e. The van der Waals surface area contributed by atoms with Crippen molar-refractivity contribution in [2.45, 2.75) is 32.2 Å². The van der Waals surface area contributed by atoms with Crippen molar-refractivity contribution in [1.29, 1.82) is 0 Å². The second-order valence-corrected chi connectivity index (χ2v) is 4.84. The van der Waals surface area contributed by atoms with Crippen molar-refractivity contribution < 1.29 is 0 Å². The minimum absolute atomic E-state index is 0.686. The van der Waals surface area contributed by atoms with Gasteiger partial charge in [-0.2, -0.15) is 0 Å². The van der Waals surface area contributed by atoms with Gasteiger partial charge in [0.2, 0.25) is 0 Å². The number of halogens is 1. The molecule has 1 heterocycles. The number of pyridine rings is 1. The lowest BCUT2D eigenvalue weighted by atomic mass is 10.3. The summed E-state index contributed by atoms with van der Waals surface area (Å²) in [5, 5.41) is 0. The van der Waals surface area contributed by atoms with E-state index in [2.05, 4.69) is 32.7 Å². The fourth-order valence-corrected chi connectivity index (χ4v) is 2.43. The molecule has 15 heavy (non-hydrogen) atoms. The molecule has 0 aromatic carbocycles. The van der Waals surface area contributed by atoms with Gasteiger partial charge in [0.15, 0.2) is 0 Å². The van der Waals surface area contributed by atoms with E-state index in [1.165, 1.54) is 12.8 Å². The number of rotatable bonds is 4. The van der Waals surface area contributed by atoms with Gasteiger partial charge in [0.1, 0.15) is 0 Å². The Hall–Kier alpha value is -0.770. The van der Waals surface area contributed by atoms with Crippen molar-refractivity contribution in [2.24, 2.45) is 0 Å². The third-order valence-corrected chi connectivity index (χ3v) is 3.22. The van der Waals surface area contributed by atoms with Crippen LogP contribution >= 0.6 is 15.9 Å². The molecule has 0 spiro atoms. The highest BCUT2D eigenvalue weighted by atomic mass is 79.9. The zero-order chi connectivity index (χ0) is 10.8. The van der Waals surface area contributed by atoms with Gasteiger partial charge in [-0.15, -0.1) is 0 Å². The number of aromatic nitrogens is 1. The van der Waals surface area contributed by atoms with Crippen LogP contribution in [0, 0.1) is 0 Å². The van der Waals surface area contributed by atoms with Gasteiger partial charge in [0.25, 0.3) is 0 Å². The molecule has 3 nitrogen and oxygen atoms in total. The van der Waals surface area contributed by atoms with E-state index in [4.69, 9.17) is 5.73 Å². The average Bonchev–Trinajstić information content (AvgIpc) is 2.99. The molecule has 0 aliphatic heterocycles. The van der Waals surface area contributed by atoms with Crippen LogP contribution in [0.1, 0.15) is 26.2 Å². The number of nitrogens with zero attached hydrogens (tertiary/aromatic N) is 2. The van der Waals surface area contributed by atoms with Gasteiger partial charge in [0, 0.05) is 18.8 Å². The monoisotopic (exact) mass is 269 g/mol. The second kappa shape index (κ2) is 4.39. The smallest absolute Gasteiger partial charge is 0.0778 e. The predicted molar refractivity (Wildman–Crippen MR) is 67.0 cm³/mol. The highest BCUT2D eigenvalue weighted by Crippen LogP contribution is 2.38. The van der Waals surface area contributed by atoms with Crippen LogP contribution in [0.15, 0.2) is 16.9 Å². The summed E-state index contributed by atoms with van der Waals surface area (Å²) in [6.45, 7) is 3.26. The van der Waals surface area contributed by atoms with E-state index >= 15 is 0 Å². The molecule has 82 valence electrons. The molecule has 1 aliphatic carbocycles. The Morgan fingerprint density at radius 1 is 1.53 bits per heavy atom. The van der Waals surface area contributed by atoms with E-state index in [1.54, 1.807) is 6.20 Å². The molecule has 0 saturated heterocycles. The van der Waals surface area contributed by atoms with E-state index < -0.39 is 0 Å². The molecule has 1 aliphatic rings. The van der Waals surface area contributed by atoms with Crippen LogP contribution in [-0.2, 0) is 0 Å². The van der Waals surface area contributed by atoms with Crippen molar-refractivity contribution in [2.75, 3.05) is 17.2 Å². The van der Waals surface area contributed by atoms with E-state index in [0.717, 1.165) is 28.8 Å². The number of nitrogens with two attached hydrogens (primary N) is 1. The van der Waals surface area contributed by atoms with Crippen LogP contribution in [0.4, 0.5) is 11.4 Å². The van der Waals surface area contributed by atoms with Crippen molar-refractivity contribution >= 4 is 27.3 Å². The molecule has 1 saturated carbocycles. The number of hydrogen-bond donors (Lipinski definition) is 1. The van der Waals surface area contributed by atoms with E-state index in [1.807, 2.05) is 6.20 Å². The van der Waals surface area contributed by atoms with Crippen molar-refractivity contribution in [1.82, 2.24) is 4.98 Å². The Morgan fingerprint density at radius 2 is 2.27 bits per heavy atom. The molecule has 0 bridgehead atoms. The first-order valence-corrected chi connectivity index (χ1v) is 6.19. The number of hydrogen-bond acceptors (Lipinski definition) is 3. The van der Waals surface area contributed by atoms with Crippen molar-refractivity contribution in [3.8, 4) is 0 Å². The lowest BCUT2D eigenvalue weighted by Gasteiger charge is -2.26. The van der Waals surface area contributed by atoms with Crippen LogP contribution in [0.25, 0.3) is 0 Å². The lowest BCUT2D eigenvalue weighted by Crippen LogP contribution is -2.27. The summed E-state index contributed by atoms with van der Waals surface area (Å²) in [7, 11) is 0. The van der Waals surface area contributed by atoms with Crippen LogP contribution in [0.3, 0.4) is 0 Å².